The van der Waals surface area contributed by atoms with Crippen LogP contribution in [0.1, 0.15) is 15.9 Å². The van der Waals surface area contributed by atoms with Gasteiger partial charge in [-0.3, -0.25) is 4.79 Å². The second-order valence-corrected chi connectivity index (χ2v) is 4.16. The van der Waals surface area contributed by atoms with E-state index in [0.29, 0.717) is 11.3 Å². The van der Waals surface area contributed by atoms with Gasteiger partial charge in [-0.1, -0.05) is 17.7 Å². The molecule has 2 aromatic rings. The number of nitrogens with one attached hydrogen (secondary N) is 1. The van der Waals surface area contributed by atoms with Crippen molar-refractivity contribution in [3.8, 4) is 0 Å². The van der Waals surface area contributed by atoms with Gasteiger partial charge in [0.1, 0.15) is 0 Å². The van der Waals surface area contributed by atoms with E-state index in [1.807, 2.05) is 37.3 Å². The van der Waals surface area contributed by atoms with E-state index in [0.717, 1.165) is 11.4 Å². The van der Waals surface area contributed by atoms with Crippen LogP contribution in [0.4, 0.5) is 17.1 Å². The first-order valence-electron chi connectivity index (χ1n) is 5.59. The summed E-state index contributed by atoms with van der Waals surface area (Å²) >= 11 is 0. The standard InChI is InChI=1S/C14H15N3O/c1-9-2-4-10(5-3-9)17-11-6-7-13(15)12(8-11)14(16)18/h2-8,17H,15H2,1H3,(H2,16,18). The minimum Gasteiger partial charge on any atom is -0.398 e. The van der Waals surface area contributed by atoms with Crippen LogP contribution in [0, 0.1) is 6.92 Å². The van der Waals surface area contributed by atoms with Crippen molar-refractivity contribution in [2.75, 3.05) is 11.1 Å². The van der Waals surface area contributed by atoms with E-state index in [-0.39, 0.29) is 0 Å². The van der Waals surface area contributed by atoms with Crippen molar-refractivity contribution >= 4 is 23.0 Å². The third kappa shape index (κ3) is 2.60. The van der Waals surface area contributed by atoms with E-state index >= 15 is 0 Å². The van der Waals surface area contributed by atoms with Crippen LogP contribution in [0.25, 0.3) is 0 Å². The maximum Gasteiger partial charge on any atom is 0.250 e. The number of anilines is 3. The van der Waals surface area contributed by atoms with E-state index in [4.69, 9.17) is 11.5 Å². The maximum atomic E-state index is 11.2. The summed E-state index contributed by atoms with van der Waals surface area (Å²) in [4.78, 5) is 11.2. The SMILES string of the molecule is Cc1ccc(Nc2ccc(N)c(C(N)=O)c2)cc1. The van der Waals surface area contributed by atoms with E-state index in [2.05, 4.69) is 5.32 Å². The van der Waals surface area contributed by atoms with Gasteiger partial charge >= 0.3 is 0 Å². The topological polar surface area (TPSA) is 81.1 Å². The van der Waals surface area contributed by atoms with Gasteiger partial charge in [0.2, 0.25) is 0 Å². The summed E-state index contributed by atoms with van der Waals surface area (Å²) in [5, 5.41) is 3.19. The average Bonchev–Trinajstić information content (AvgIpc) is 2.34. The molecule has 2 rings (SSSR count). The summed E-state index contributed by atoms with van der Waals surface area (Å²) in [6.07, 6.45) is 0. The number of nitrogen functional groups attached to an aromatic ring is 1. The third-order valence-corrected chi connectivity index (χ3v) is 2.66. The molecule has 0 bridgehead atoms. The van der Waals surface area contributed by atoms with Crippen molar-refractivity contribution in [2.45, 2.75) is 6.92 Å². The van der Waals surface area contributed by atoms with E-state index in [9.17, 15) is 4.79 Å². The number of carbonyl (C=O) groups is 1. The second-order valence-electron chi connectivity index (χ2n) is 4.16. The molecule has 0 heterocycles. The molecule has 92 valence electrons. The quantitative estimate of drug-likeness (QED) is 0.722. The Morgan fingerprint density at radius 1 is 1.06 bits per heavy atom. The number of carbonyl (C=O) groups excluding carboxylic acids is 1. The zero-order valence-corrected chi connectivity index (χ0v) is 10.1. The van der Waals surface area contributed by atoms with Crippen LogP contribution in [0.15, 0.2) is 42.5 Å². The summed E-state index contributed by atoms with van der Waals surface area (Å²) in [6.45, 7) is 2.03. The number of primary amides is 1. The summed E-state index contributed by atoms with van der Waals surface area (Å²) in [7, 11) is 0. The number of hydrogen-bond donors (Lipinski definition) is 3. The molecule has 0 saturated heterocycles. The number of nitrogens with two attached hydrogens (primary N) is 2. The highest BCUT2D eigenvalue weighted by molar-refractivity contribution is 5.99. The average molecular weight is 241 g/mol. The number of hydrogen-bond acceptors (Lipinski definition) is 3. The molecule has 0 spiro atoms. The van der Waals surface area contributed by atoms with E-state index < -0.39 is 5.91 Å². The van der Waals surface area contributed by atoms with Crippen LogP contribution in [-0.4, -0.2) is 5.91 Å². The Balaban J connectivity index is 2.27. The predicted molar refractivity (Wildman–Crippen MR) is 73.8 cm³/mol. The van der Waals surface area contributed by atoms with Crippen LogP contribution < -0.4 is 16.8 Å². The molecule has 4 nitrogen and oxygen atoms in total. The molecule has 0 aromatic heterocycles. The molecule has 4 heteroatoms. The zero-order chi connectivity index (χ0) is 13.1. The number of rotatable bonds is 3. The summed E-state index contributed by atoms with van der Waals surface area (Å²) in [5.41, 5.74) is 14.6. The van der Waals surface area contributed by atoms with Crippen LogP contribution >= 0.6 is 0 Å². The van der Waals surface area contributed by atoms with Gasteiger partial charge in [-0.15, -0.1) is 0 Å². The lowest BCUT2D eigenvalue weighted by Crippen LogP contribution is -2.13. The molecule has 0 fully saturated rings. The lowest BCUT2D eigenvalue weighted by molar-refractivity contribution is 0.100. The smallest absolute Gasteiger partial charge is 0.250 e. The molecule has 0 unspecified atom stereocenters. The molecule has 1 amide bonds. The highest BCUT2D eigenvalue weighted by Crippen LogP contribution is 2.21. The highest BCUT2D eigenvalue weighted by atomic mass is 16.1. The Labute approximate surface area is 106 Å². The van der Waals surface area contributed by atoms with Gasteiger partial charge in [-0.2, -0.15) is 0 Å². The van der Waals surface area contributed by atoms with Crippen molar-refractivity contribution < 1.29 is 4.79 Å². The molecule has 0 aliphatic heterocycles. The molecule has 5 N–H and O–H groups in total. The first kappa shape index (κ1) is 12.0. The first-order valence-corrected chi connectivity index (χ1v) is 5.59. The molecule has 2 aromatic carbocycles. The number of benzene rings is 2. The van der Waals surface area contributed by atoms with Crippen LogP contribution in [0.5, 0.6) is 0 Å². The molecule has 0 saturated carbocycles. The first-order chi connectivity index (χ1) is 8.56. The number of aryl methyl sites for hydroxylation is 1. The van der Waals surface area contributed by atoms with Gasteiger partial charge in [-0.25, -0.2) is 0 Å². The van der Waals surface area contributed by atoms with Crippen molar-refractivity contribution in [1.82, 2.24) is 0 Å². The molecular weight excluding hydrogens is 226 g/mol. The lowest BCUT2D eigenvalue weighted by atomic mass is 10.1. The summed E-state index contributed by atoms with van der Waals surface area (Å²) in [5.74, 6) is -0.528. The van der Waals surface area contributed by atoms with Gasteiger partial charge in [0, 0.05) is 17.1 Å². The van der Waals surface area contributed by atoms with Gasteiger partial charge in [0.15, 0.2) is 0 Å². The van der Waals surface area contributed by atoms with Gasteiger partial charge in [0.05, 0.1) is 5.56 Å². The van der Waals surface area contributed by atoms with E-state index in [1.54, 1.807) is 12.1 Å². The van der Waals surface area contributed by atoms with Gasteiger partial charge in [-0.05, 0) is 37.3 Å². The Hall–Kier alpha value is -2.49. The molecular formula is C14H15N3O. The van der Waals surface area contributed by atoms with Crippen molar-refractivity contribution in [3.05, 3.63) is 53.6 Å². The molecule has 0 aliphatic carbocycles. The fraction of sp³-hybridized carbons (Fsp3) is 0.0714. The normalized spacial score (nSPS) is 10.1. The maximum absolute atomic E-state index is 11.2. The Morgan fingerprint density at radius 2 is 1.67 bits per heavy atom. The van der Waals surface area contributed by atoms with Crippen molar-refractivity contribution in [1.29, 1.82) is 0 Å². The van der Waals surface area contributed by atoms with Gasteiger partial charge in [0.25, 0.3) is 5.91 Å². The molecule has 18 heavy (non-hydrogen) atoms. The highest BCUT2D eigenvalue weighted by Gasteiger charge is 2.06. The fourth-order valence-electron chi connectivity index (χ4n) is 1.65. The van der Waals surface area contributed by atoms with Crippen molar-refractivity contribution in [2.24, 2.45) is 5.73 Å². The van der Waals surface area contributed by atoms with Crippen LogP contribution in [0.3, 0.4) is 0 Å². The minimum atomic E-state index is -0.528. The molecule has 0 aliphatic rings. The second kappa shape index (κ2) is 4.79. The Morgan fingerprint density at radius 3 is 2.28 bits per heavy atom. The minimum absolute atomic E-state index is 0.326. The molecule has 0 radical (unpaired) electrons. The monoisotopic (exact) mass is 241 g/mol. The molecule has 0 atom stereocenters. The third-order valence-electron chi connectivity index (χ3n) is 2.66. The summed E-state index contributed by atoms with van der Waals surface area (Å²) in [6, 6.07) is 13.1. The Kier molecular flexibility index (Phi) is 3.19. The fourth-order valence-corrected chi connectivity index (χ4v) is 1.65. The predicted octanol–water partition coefficient (Wildman–Crippen LogP) is 2.42. The Bertz CT molecular complexity index is 576. The summed E-state index contributed by atoms with van der Waals surface area (Å²) < 4.78 is 0. The van der Waals surface area contributed by atoms with Crippen LogP contribution in [-0.2, 0) is 0 Å². The number of amides is 1. The van der Waals surface area contributed by atoms with Gasteiger partial charge < -0.3 is 16.8 Å². The largest absolute Gasteiger partial charge is 0.398 e. The zero-order valence-electron chi connectivity index (χ0n) is 10.1. The van der Waals surface area contributed by atoms with Crippen molar-refractivity contribution in [3.63, 3.8) is 0 Å². The van der Waals surface area contributed by atoms with Crippen LogP contribution in [0.2, 0.25) is 0 Å². The van der Waals surface area contributed by atoms with E-state index in [1.165, 1.54) is 5.56 Å². The lowest BCUT2D eigenvalue weighted by Gasteiger charge is -2.09.